The van der Waals surface area contributed by atoms with E-state index in [1.54, 1.807) is 0 Å². The predicted octanol–water partition coefficient (Wildman–Crippen LogP) is 12.2. The van der Waals surface area contributed by atoms with E-state index in [9.17, 15) is 123 Å². The predicted molar refractivity (Wildman–Crippen MR) is 155 cm³/mol. The topological polar surface area (TPSA) is 133 Å². The van der Waals surface area contributed by atoms with Gasteiger partial charge in [-0.1, -0.05) is 0 Å². The maximum atomic E-state index is 14.1. The molecule has 0 unspecified atom stereocenters. The molecule has 0 saturated carbocycles. The van der Waals surface area contributed by atoms with Crippen molar-refractivity contribution in [3.8, 4) is 0 Å². The zero-order valence-corrected chi connectivity index (χ0v) is 30.2. The number of benzene rings is 3. The summed E-state index contributed by atoms with van der Waals surface area (Å²) in [6.07, 6.45) is -58.3. The smallest absolute Gasteiger partial charge is 0.222 e. The van der Waals surface area contributed by atoms with Gasteiger partial charge in [-0.2, -0.15) is 134 Å². The zero-order valence-electron chi connectivity index (χ0n) is 29.3. The van der Waals surface area contributed by atoms with Gasteiger partial charge in [-0.15, -0.1) is 13.9 Å². The Bertz CT molecular complexity index is 1930. The summed E-state index contributed by atoms with van der Waals surface area (Å²) in [4.78, 5) is 0. The minimum Gasteiger partial charge on any atom is -0.222 e. The van der Waals surface area contributed by atoms with E-state index in [0.29, 0.717) is 0 Å². The van der Waals surface area contributed by atoms with Crippen molar-refractivity contribution in [3.05, 3.63) is 86.5 Å². The SMILES string of the molecule is NN(OP(=O)(ON(N)c1c(C(F)(F)F)cc(C(F)(F)F)cc1C(F)(F)F)ON(N)c1c(C(F)(F)F)cc(C(F)(F)F)cc1C(F)(F)F)c1c(C(F)(F)F)cc(C(F)(F)F)cc1C(F)(F)F. The zero-order chi connectivity index (χ0) is 51.0. The molecular weight excluding hydrogens is 1020 g/mol. The Hall–Kier alpha value is -4.84. The second kappa shape index (κ2) is 16.8. The van der Waals surface area contributed by atoms with Gasteiger partial charge < -0.3 is 0 Å². The molecule has 0 heterocycles. The van der Waals surface area contributed by atoms with Crippen molar-refractivity contribution >= 4 is 24.9 Å². The Balaban J connectivity index is 2.56. The highest BCUT2D eigenvalue weighted by Gasteiger charge is 2.53. The van der Waals surface area contributed by atoms with Crippen LogP contribution in [0.25, 0.3) is 0 Å². The van der Waals surface area contributed by atoms with Crippen LogP contribution in [0.5, 0.6) is 0 Å². The molecular formula is C27H12F27N6O4P. The first-order valence-corrected chi connectivity index (χ1v) is 16.5. The molecule has 10 nitrogen and oxygen atoms in total. The van der Waals surface area contributed by atoms with E-state index in [4.69, 9.17) is 17.5 Å². The molecule has 3 aromatic rings. The van der Waals surface area contributed by atoms with Crippen molar-refractivity contribution in [3.63, 3.8) is 0 Å². The molecule has 0 aliphatic carbocycles. The number of rotatable bonds is 9. The Morgan fingerprint density at radius 2 is 0.446 bits per heavy atom. The fourth-order valence-corrected chi connectivity index (χ4v) is 5.87. The third kappa shape index (κ3) is 12.5. The summed E-state index contributed by atoms with van der Waals surface area (Å²) < 4.78 is 399. The largest absolute Gasteiger partial charge is 0.543 e. The van der Waals surface area contributed by atoms with Crippen molar-refractivity contribution in [2.24, 2.45) is 17.5 Å². The molecule has 65 heavy (non-hydrogen) atoms. The van der Waals surface area contributed by atoms with Crippen LogP contribution in [-0.4, -0.2) is 0 Å². The van der Waals surface area contributed by atoms with Gasteiger partial charge in [-0.05, 0) is 36.4 Å². The molecule has 0 atom stereocenters. The highest BCUT2D eigenvalue weighted by atomic mass is 31.2. The first-order chi connectivity index (χ1) is 28.5. The molecule has 3 rings (SSSR count). The van der Waals surface area contributed by atoms with E-state index in [-0.39, 0.29) is 0 Å². The number of hydrazine groups is 3. The number of nitrogens with two attached hydrogens (primary N) is 3. The van der Waals surface area contributed by atoms with Gasteiger partial charge in [0.15, 0.2) is 0 Å². The lowest BCUT2D eigenvalue weighted by atomic mass is 10.0. The molecule has 0 aliphatic rings. The third-order valence-electron chi connectivity index (χ3n) is 7.37. The summed E-state index contributed by atoms with van der Waals surface area (Å²) in [5.41, 5.74) is -38.4. The molecule has 0 amide bonds. The van der Waals surface area contributed by atoms with E-state index in [2.05, 4.69) is 13.9 Å². The molecule has 0 fully saturated rings. The number of anilines is 3. The molecule has 0 aliphatic heterocycles. The van der Waals surface area contributed by atoms with Gasteiger partial charge in [0.2, 0.25) is 0 Å². The number of hydrogen-bond donors (Lipinski definition) is 3. The maximum absolute atomic E-state index is 14.1. The van der Waals surface area contributed by atoms with Crippen molar-refractivity contribution in [1.82, 2.24) is 0 Å². The Morgan fingerprint density at radius 3 is 0.554 bits per heavy atom. The van der Waals surface area contributed by atoms with Crippen LogP contribution in [0.4, 0.5) is 136 Å². The summed E-state index contributed by atoms with van der Waals surface area (Å²) in [5.74, 6) is 14.7. The molecule has 0 radical (unpaired) electrons. The number of alkyl halides is 27. The van der Waals surface area contributed by atoms with Crippen molar-refractivity contribution in [2.75, 3.05) is 15.5 Å². The van der Waals surface area contributed by atoms with Crippen LogP contribution < -0.4 is 33.0 Å². The highest BCUT2D eigenvalue weighted by Crippen LogP contribution is 2.58. The van der Waals surface area contributed by atoms with E-state index in [0.717, 1.165) is 0 Å². The summed E-state index contributed by atoms with van der Waals surface area (Å²) in [7, 11) is -7.92. The van der Waals surface area contributed by atoms with Crippen LogP contribution in [0, 0.1) is 0 Å². The monoisotopic (exact) mass is 1030 g/mol. The van der Waals surface area contributed by atoms with Gasteiger partial charge >= 0.3 is 63.4 Å². The average Bonchev–Trinajstić information content (AvgIpc) is 3.06. The van der Waals surface area contributed by atoms with E-state index >= 15 is 0 Å². The molecule has 0 bridgehead atoms. The van der Waals surface area contributed by atoms with Gasteiger partial charge in [-0.3, -0.25) is 0 Å². The Kier molecular flexibility index (Phi) is 14.1. The van der Waals surface area contributed by atoms with Crippen LogP contribution in [-0.2, 0) is 74.0 Å². The Labute approximate surface area is 337 Å². The van der Waals surface area contributed by atoms with Crippen LogP contribution in [0.15, 0.2) is 36.4 Å². The van der Waals surface area contributed by atoms with Gasteiger partial charge in [0, 0.05) is 0 Å². The maximum Gasteiger partial charge on any atom is 0.543 e. The van der Waals surface area contributed by atoms with E-state index < -0.39 is 182 Å². The van der Waals surface area contributed by atoms with E-state index in [1.807, 2.05) is 0 Å². The van der Waals surface area contributed by atoms with Gasteiger partial charge in [-0.25, -0.2) is 22.1 Å². The lowest BCUT2D eigenvalue weighted by Crippen LogP contribution is -2.41. The molecule has 0 spiro atoms. The van der Waals surface area contributed by atoms with E-state index in [1.165, 1.54) is 0 Å². The number of halogens is 27. The van der Waals surface area contributed by atoms with Crippen LogP contribution in [0.3, 0.4) is 0 Å². The normalized spacial score (nSPS) is 14.2. The average molecular weight is 1030 g/mol. The van der Waals surface area contributed by atoms with Crippen LogP contribution >= 0.6 is 7.82 Å². The second-order valence-electron chi connectivity index (χ2n) is 11.9. The fourth-order valence-electron chi connectivity index (χ4n) is 4.89. The summed E-state index contributed by atoms with van der Waals surface area (Å²) in [6.45, 7) is 0. The van der Waals surface area contributed by atoms with Crippen LogP contribution in [0.1, 0.15) is 50.1 Å². The summed E-state index contributed by atoms with van der Waals surface area (Å²) >= 11 is 0. The fraction of sp³-hybridized carbons (Fsp3) is 0.333. The van der Waals surface area contributed by atoms with Crippen molar-refractivity contribution in [2.45, 2.75) is 55.6 Å². The second-order valence-corrected chi connectivity index (χ2v) is 13.3. The summed E-state index contributed by atoms with van der Waals surface area (Å²) in [5, 5.41) is -5.84. The lowest BCUT2D eigenvalue weighted by Gasteiger charge is -2.33. The molecule has 0 aromatic heterocycles. The van der Waals surface area contributed by atoms with Gasteiger partial charge in [0.25, 0.3) is 0 Å². The highest BCUT2D eigenvalue weighted by molar-refractivity contribution is 7.48. The van der Waals surface area contributed by atoms with Gasteiger partial charge in [0.05, 0.1) is 50.1 Å². The minimum atomic E-state index is -7.92. The number of hydrogen-bond acceptors (Lipinski definition) is 10. The quantitative estimate of drug-likeness (QED) is 0.0824. The summed E-state index contributed by atoms with van der Waals surface area (Å²) in [6, 6.07) is -7.63. The van der Waals surface area contributed by atoms with Gasteiger partial charge in [0.1, 0.15) is 17.1 Å². The Morgan fingerprint density at radius 1 is 0.308 bits per heavy atom. The third-order valence-corrected chi connectivity index (χ3v) is 8.50. The number of nitrogens with zero attached hydrogens (tertiary/aromatic N) is 3. The molecule has 0 saturated heterocycles. The van der Waals surface area contributed by atoms with Crippen LogP contribution in [0.2, 0.25) is 0 Å². The minimum absolute atomic E-state index is 1.27. The first-order valence-electron chi connectivity index (χ1n) is 15.0. The molecule has 6 N–H and O–H groups in total. The van der Waals surface area contributed by atoms with Crippen molar-refractivity contribution < 1.29 is 137 Å². The lowest BCUT2D eigenvalue weighted by molar-refractivity contribution is -0.150. The molecule has 3 aromatic carbocycles. The molecule has 368 valence electrons. The molecule has 38 heteroatoms. The first kappa shape index (κ1) is 54.5. The van der Waals surface area contributed by atoms with Crippen molar-refractivity contribution in [1.29, 1.82) is 0 Å². The standard InChI is InChI=1S/C27H12F27N6O4P/c28-19(29,30)7-1-10(22(37,38)39)16(11(2-7)23(40,41)42)58(55)62-65(61,63-59(56)17-12(24(43,44)45)3-8(20(31,32)33)4-13(17)25(46,47)48)64-60(57)18-14(26(49,50)51)5-9(21(34,35)36)6-15(18)27(52,53)54/h1-6H,55-57H2. The number of phosphoric acid groups is 1.